The Kier molecular flexibility index (Phi) is 8.27. The molecule has 2 unspecified atom stereocenters. The fourth-order valence-corrected chi connectivity index (χ4v) is 0.981. The van der Waals surface area contributed by atoms with Gasteiger partial charge >= 0.3 is 0 Å². The molecule has 0 aliphatic heterocycles. The number of carbonyl (C=O) groups is 1. The second kappa shape index (κ2) is 8.64. The summed E-state index contributed by atoms with van der Waals surface area (Å²) in [4.78, 5) is 11.3. The van der Waals surface area contributed by atoms with Crippen molar-refractivity contribution in [3.05, 3.63) is 0 Å². The summed E-state index contributed by atoms with van der Waals surface area (Å²) in [7, 11) is 1.62. The van der Waals surface area contributed by atoms with Crippen molar-refractivity contribution in [3.63, 3.8) is 0 Å². The van der Waals surface area contributed by atoms with Gasteiger partial charge in [-0.1, -0.05) is 6.92 Å². The van der Waals surface area contributed by atoms with Crippen molar-refractivity contribution in [2.75, 3.05) is 33.4 Å². The molecule has 0 saturated carbocycles. The lowest BCUT2D eigenvalue weighted by atomic mass is 10.1. The predicted octanol–water partition coefficient (Wildman–Crippen LogP) is -0.644. The van der Waals surface area contributed by atoms with E-state index in [9.17, 15) is 4.79 Å². The molecule has 0 aliphatic carbocycles. The Hall–Kier alpha value is -0.650. The minimum absolute atomic E-state index is 0.00766. The third-order valence-electron chi connectivity index (χ3n) is 2.30. The summed E-state index contributed by atoms with van der Waals surface area (Å²) in [6, 6.07) is -0.00766. The first-order chi connectivity index (χ1) is 7.11. The summed E-state index contributed by atoms with van der Waals surface area (Å²) in [6.07, 6.45) is 0. The first-order valence-corrected chi connectivity index (χ1v) is 5.21. The molecular formula is C10H22N2O3. The van der Waals surface area contributed by atoms with Gasteiger partial charge in [-0.3, -0.25) is 4.79 Å². The van der Waals surface area contributed by atoms with E-state index in [1.165, 1.54) is 0 Å². The SMILES string of the molecule is COCCNCC(=O)NC(C)C(C)CO. The Bertz CT molecular complexity index is 176. The highest BCUT2D eigenvalue weighted by molar-refractivity contribution is 5.78. The Labute approximate surface area is 91.2 Å². The van der Waals surface area contributed by atoms with Gasteiger partial charge in [-0.15, -0.1) is 0 Å². The number of aliphatic hydroxyl groups excluding tert-OH is 1. The Morgan fingerprint density at radius 2 is 2.13 bits per heavy atom. The van der Waals surface area contributed by atoms with Gasteiger partial charge in [0.25, 0.3) is 0 Å². The maximum Gasteiger partial charge on any atom is 0.234 e. The van der Waals surface area contributed by atoms with Crippen LogP contribution in [0.5, 0.6) is 0 Å². The summed E-state index contributed by atoms with van der Waals surface area (Å²) in [5, 5.41) is 14.6. The van der Waals surface area contributed by atoms with Crippen LogP contribution in [-0.4, -0.2) is 50.5 Å². The number of amides is 1. The van der Waals surface area contributed by atoms with Crippen LogP contribution >= 0.6 is 0 Å². The quantitative estimate of drug-likeness (QED) is 0.474. The number of rotatable bonds is 8. The Morgan fingerprint density at radius 1 is 1.47 bits per heavy atom. The molecule has 3 N–H and O–H groups in total. The molecule has 0 aromatic heterocycles. The van der Waals surface area contributed by atoms with Crippen molar-refractivity contribution in [2.45, 2.75) is 19.9 Å². The average molecular weight is 218 g/mol. The number of hydrogen-bond donors (Lipinski definition) is 3. The Balaban J connectivity index is 3.55. The fourth-order valence-electron chi connectivity index (χ4n) is 0.981. The molecule has 0 radical (unpaired) electrons. The molecule has 0 fully saturated rings. The summed E-state index contributed by atoms with van der Waals surface area (Å²) in [6.45, 7) is 5.39. The second-order valence-corrected chi connectivity index (χ2v) is 3.69. The monoisotopic (exact) mass is 218 g/mol. The van der Waals surface area contributed by atoms with Crippen molar-refractivity contribution in [3.8, 4) is 0 Å². The van der Waals surface area contributed by atoms with Crippen molar-refractivity contribution in [2.24, 2.45) is 5.92 Å². The summed E-state index contributed by atoms with van der Waals surface area (Å²) >= 11 is 0. The summed E-state index contributed by atoms with van der Waals surface area (Å²) in [5.41, 5.74) is 0. The number of hydrogen-bond acceptors (Lipinski definition) is 4. The second-order valence-electron chi connectivity index (χ2n) is 3.69. The van der Waals surface area contributed by atoms with Gasteiger partial charge in [0, 0.05) is 26.3 Å². The van der Waals surface area contributed by atoms with Crippen LogP contribution in [0, 0.1) is 5.92 Å². The molecule has 2 atom stereocenters. The third kappa shape index (κ3) is 7.30. The van der Waals surface area contributed by atoms with E-state index in [-0.39, 0.29) is 31.0 Å². The van der Waals surface area contributed by atoms with E-state index in [4.69, 9.17) is 9.84 Å². The first kappa shape index (κ1) is 14.3. The molecule has 0 saturated heterocycles. The van der Waals surface area contributed by atoms with E-state index in [0.29, 0.717) is 13.2 Å². The standard InChI is InChI=1S/C10H22N2O3/c1-8(7-13)9(2)12-10(14)6-11-4-5-15-3/h8-9,11,13H,4-7H2,1-3H3,(H,12,14). The van der Waals surface area contributed by atoms with Gasteiger partial charge in [0.1, 0.15) is 0 Å². The molecule has 1 amide bonds. The van der Waals surface area contributed by atoms with E-state index in [1.54, 1.807) is 7.11 Å². The van der Waals surface area contributed by atoms with E-state index < -0.39 is 0 Å². The maximum absolute atomic E-state index is 11.3. The van der Waals surface area contributed by atoms with Crippen LogP contribution in [0.2, 0.25) is 0 Å². The van der Waals surface area contributed by atoms with Gasteiger partial charge < -0.3 is 20.5 Å². The highest BCUT2D eigenvalue weighted by Crippen LogP contribution is 1.99. The van der Waals surface area contributed by atoms with Crippen LogP contribution in [0.3, 0.4) is 0 Å². The number of carbonyl (C=O) groups excluding carboxylic acids is 1. The number of aliphatic hydroxyl groups is 1. The largest absolute Gasteiger partial charge is 0.396 e. The van der Waals surface area contributed by atoms with Crippen molar-refractivity contribution < 1.29 is 14.6 Å². The molecule has 5 heteroatoms. The van der Waals surface area contributed by atoms with Gasteiger partial charge in [-0.2, -0.15) is 0 Å². The molecule has 0 rings (SSSR count). The predicted molar refractivity (Wildman–Crippen MR) is 58.6 cm³/mol. The van der Waals surface area contributed by atoms with Gasteiger partial charge in [0.2, 0.25) is 5.91 Å². The first-order valence-electron chi connectivity index (χ1n) is 5.21. The van der Waals surface area contributed by atoms with Crippen molar-refractivity contribution >= 4 is 5.91 Å². The molecule has 0 bridgehead atoms. The molecule has 0 heterocycles. The molecular weight excluding hydrogens is 196 g/mol. The van der Waals surface area contributed by atoms with E-state index in [2.05, 4.69) is 10.6 Å². The number of ether oxygens (including phenoxy) is 1. The van der Waals surface area contributed by atoms with Crippen LogP contribution in [0.25, 0.3) is 0 Å². The highest BCUT2D eigenvalue weighted by Gasteiger charge is 2.13. The van der Waals surface area contributed by atoms with Gasteiger partial charge in [-0.25, -0.2) is 0 Å². The molecule has 90 valence electrons. The lowest BCUT2D eigenvalue weighted by Gasteiger charge is -2.19. The minimum atomic E-state index is -0.0566. The molecule has 0 aliphatic rings. The summed E-state index contributed by atoms with van der Waals surface area (Å²) < 4.78 is 4.83. The third-order valence-corrected chi connectivity index (χ3v) is 2.30. The van der Waals surface area contributed by atoms with Gasteiger partial charge in [-0.05, 0) is 12.8 Å². The number of methoxy groups -OCH3 is 1. The van der Waals surface area contributed by atoms with Gasteiger partial charge in [0.05, 0.1) is 13.2 Å². The van der Waals surface area contributed by atoms with Gasteiger partial charge in [0.15, 0.2) is 0 Å². The molecule has 15 heavy (non-hydrogen) atoms. The van der Waals surface area contributed by atoms with Crippen molar-refractivity contribution in [1.82, 2.24) is 10.6 Å². The van der Waals surface area contributed by atoms with Crippen LogP contribution in [-0.2, 0) is 9.53 Å². The van der Waals surface area contributed by atoms with Crippen molar-refractivity contribution in [1.29, 1.82) is 0 Å². The molecule has 0 spiro atoms. The van der Waals surface area contributed by atoms with Crippen LogP contribution in [0.1, 0.15) is 13.8 Å². The van der Waals surface area contributed by atoms with Crippen LogP contribution in [0.15, 0.2) is 0 Å². The van der Waals surface area contributed by atoms with Crippen LogP contribution < -0.4 is 10.6 Å². The minimum Gasteiger partial charge on any atom is -0.396 e. The highest BCUT2D eigenvalue weighted by atomic mass is 16.5. The topological polar surface area (TPSA) is 70.6 Å². The van der Waals surface area contributed by atoms with Crippen LogP contribution in [0.4, 0.5) is 0 Å². The smallest absolute Gasteiger partial charge is 0.234 e. The zero-order valence-electron chi connectivity index (χ0n) is 9.75. The normalized spacial score (nSPS) is 14.7. The maximum atomic E-state index is 11.3. The molecule has 0 aromatic carbocycles. The molecule has 0 aromatic rings. The average Bonchev–Trinajstić information content (AvgIpc) is 2.23. The lowest BCUT2D eigenvalue weighted by Crippen LogP contribution is -2.43. The van der Waals surface area contributed by atoms with E-state index in [1.807, 2.05) is 13.8 Å². The fraction of sp³-hybridized carbons (Fsp3) is 0.900. The molecule has 5 nitrogen and oxygen atoms in total. The zero-order chi connectivity index (χ0) is 11.7. The van der Waals surface area contributed by atoms with E-state index in [0.717, 1.165) is 0 Å². The Morgan fingerprint density at radius 3 is 2.67 bits per heavy atom. The van der Waals surface area contributed by atoms with E-state index >= 15 is 0 Å². The number of nitrogens with one attached hydrogen (secondary N) is 2. The zero-order valence-corrected chi connectivity index (χ0v) is 9.75. The summed E-state index contributed by atoms with van der Waals surface area (Å²) in [5.74, 6) is 0.0202. The lowest BCUT2D eigenvalue weighted by molar-refractivity contribution is -0.121.